The van der Waals surface area contributed by atoms with Crippen molar-refractivity contribution in [3.63, 3.8) is 0 Å². The van der Waals surface area contributed by atoms with E-state index in [1.807, 2.05) is 0 Å². The van der Waals surface area contributed by atoms with Crippen LogP contribution in [0, 0.1) is 28.1 Å². The summed E-state index contributed by atoms with van der Waals surface area (Å²) in [7, 11) is 3.52. The van der Waals surface area contributed by atoms with Gasteiger partial charge in [-0.1, -0.05) is 27.7 Å². The van der Waals surface area contributed by atoms with E-state index in [1.54, 1.807) is 14.2 Å². The third-order valence-electron chi connectivity index (χ3n) is 9.69. The molecule has 0 aromatic heterocycles. The standard InChI is InChI=1S/C22H34O7/c1-11-8-26-12-7-19-16-14(23)15(18(2,3)4)21(19)13(24-5)9-27-17(21)29-20(19,10-28-16)22(11,12)25-6/h11-17,23H,7-10H2,1-6H3/t11-,12?,13+,14-,15+,16?,17+,19?,20?,21?,22-/m1/s1. The highest BCUT2D eigenvalue weighted by molar-refractivity contribution is 5.42. The smallest absolute Gasteiger partial charge is 0.168 e. The lowest BCUT2D eigenvalue weighted by atomic mass is 9.51. The minimum absolute atomic E-state index is 0.0873. The number of aliphatic hydroxyl groups is 1. The van der Waals surface area contributed by atoms with Crippen LogP contribution in [0.25, 0.3) is 0 Å². The van der Waals surface area contributed by atoms with Crippen LogP contribution in [0.5, 0.6) is 0 Å². The molecule has 6 fully saturated rings. The van der Waals surface area contributed by atoms with Gasteiger partial charge in [0.05, 0.1) is 49.7 Å². The summed E-state index contributed by atoms with van der Waals surface area (Å²) in [4.78, 5) is 0. The van der Waals surface area contributed by atoms with E-state index >= 15 is 0 Å². The first-order valence-electron chi connectivity index (χ1n) is 11.0. The fraction of sp³-hybridized carbons (Fsp3) is 1.00. The van der Waals surface area contributed by atoms with Crippen LogP contribution in [-0.4, -0.2) is 81.1 Å². The van der Waals surface area contributed by atoms with Crippen molar-refractivity contribution >= 4 is 0 Å². The summed E-state index contributed by atoms with van der Waals surface area (Å²) in [5.41, 5.74) is -2.52. The largest absolute Gasteiger partial charge is 0.390 e. The van der Waals surface area contributed by atoms with Gasteiger partial charge >= 0.3 is 0 Å². The molecule has 6 rings (SSSR count). The molecule has 11 atom stereocenters. The highest BCUT2D eigenvalue weighted by atomic mass is 16.7. The van der Waals surface area contributed by atoms with Crippen LogP contribution in [-0.2, 0) is 28.4 Å². The summed E-state index contributed by atoms with van der Waals surface area (Å²) in [5.74, 6) is 0.0598. The molecule has 0 aromatic carbocycles. The van der Waals surface area contributed by atoms with Crippen LogP contribution < -0.4 is 0 Å². The predicted molar refractivity (Wildman–Crippen MR) is 101 cm³/mol. The number of fused-ring (bicyclic) bond motifs is 1. The van der Waals surface area contributed by atoms with E-state index in [9.17, 15) is 5.11 Å². The lowest BCUT2D eigenvalue weighted by molar-refractivity contribution is -0.252. The second-order valence-electron chi connectivity index (χ2n) is 11.2. The second-order valence-corrected chi connectivity index (χ2v) is 11.2. The fourth-order valence-electron chi connectivity index (χ4n) is 9.32. The zero-order valence-corrected chi connectivity index (χ0v) is 18.3. The van der Waals surface area contributed by atoms with Crippen LogP contribution >= 0.6 is 0 Å². The Morgan fingerprint density at radius 3 is 2.48 bits per heavy atom. The molecule has 6 aliphatic rings. The zero-order chi connectivity index (χ0) is 20.6. The minimum Gasteiger partial charge on any atom is -0.390 e. The number of rotatable bonds is 2. The Hall–Kier alpha value is -0.280. The van der Waals surface area contributed by atoms with E-state index in [1.165, 1.54) is 0 Å². The van der Waals surface area contributed by atoms with Gasteiger partial charge in [-0.3, -0.25) is 0 Å². The second kappa shape index (κ2) is 5.37. The van der Waals surface area contributed by atoms with Crippen LogP contribution in [0.4, 0.5) is 0 Å². The van der Waals surface area contributed by atoms with E-state index in [-0.39, 0.29) is 35.6 Å². The molecule has 0 aromatic rings. The molecule has 2 spiro atoms. The van der Waals surface area contributed by atoms with Gasteiger partial charge in [0.15, 0.2) is 6.29 Å². The van der Waals surface area contributed by atoms with Crippen molar-refractivity contribution in [2.24, 2.45) is 28.1 Å². The molecule has 7 heteroatoms. The van der Waals surface area contributed by atoms with Gasteiger partial charge in [0, 0.05) is 31.5 Å². The first kappa shape index (κ1) is 19.4. The Balaban J connectivity index is 1.66. The number of ether oxygens (including phenoxy) is 6. The molecule has 2 aliphatic carbocycles. The molecular weight excluding hydrogens is 376 g/mol. The van der Waals surface area contributed by atoms with E-state index in [0.717, 1.165) is 6.42 Å². The first-order valence-corrected chi connectivity index (χ1v) is 11.0. The van der Waals surface area contributed by atoms with E-state index in [4.69, 9.17) is 28.4 Å². The van der Waals surface area contributed by atoms with Crippen molar-refractivity contribution in [1.29, 1.82) is 0 Å². The molecular formula is C22H34O7. The van der Waals surface area contributed by atoms with Crippen molar-refractivity contribution in [3.05, 3.63) is 0 Å². The topological polar surface area (TPSA) is 75.6 Å². The highest BCUT2D eigenvalue weighted by Gasteiger charge is 2.97. The first-order chi connectivity index (χ1) is 13.7. The van der Waals surface area contributed by atoms with Crippen molar-refractivity contribution in [2.45, 2.75) is 76.0 Å². The van der Waals surface area contributed by atoms with Crippen LogP contribution in [0.3, 0.4) is 0 Å². The Morgan fingerprint density at radius 2 is 1.83 bits per heavy atom. The Kier molecular flexibility index (Phi) is 3.59. The van der Waals surface area contributed by atoms with E-state index < -0.39 is 34.4 Å². The SMILES string of the molecule is CO[C@H]1CO[C@H]2OC34COC5[C@H](O)[C@@H](C(C)(C)C)C21C53CC1OC[C@@H](C)[C@@]14OC. The number of methoxy groups -OCH3 is 2. The van der Waals surface area contributed by atoms with Gasteiger partial charge in [-0.25, -0.2) is 0 Å². The molecule has 4 aliphatic heterocycles. The van der Waals surface area contributed by atoms with Gasteiger partial charge in [-0.2, -0.15) is 0 Å². The zero-order valence-electron chi connectivity index (χ0n) is 18.3. The fourth-order valence-corrected chi connectivity index (χ4v) is 9.32. The molecule has 1 N–H and O–H groups in total. The van der Waals surface area contributed by atoms with Crippen molar-refractivity contribution in [3.8, 4) is 0 Å². The Bertz CT molecular complexity index is 737. The normalized spacial score (nSPS) is 62.4. The maximum atomic E-state index is 11.7. The summed E-state index contributed by atoms with van der Waals surface area (Å²) in [6.45, 7) is 10.2. The average molecular weight is 411 g/mol. The van der Waals surface area contributed by atoms with Gasteiger partial charge in [-0.15, -0.1) is 0 Å². The molecule has 7 nitrogen and oxygen atoms in total. The molecule has 29 heavy (non-hydrogen) atoms. The molecule has 164 valence electrons. The lowest BCUT2D eigenvalue weighted by Crippen LogP contribution is -2.65. The molecule has 5 unspecified atom stereocenters. The molecule has 0 amide bonds. The van der Waals surface area contributed by atoms with Crippen LogP contribution in [0.2, 0.25) is 0 Å². The molecule has 4 heterocycles. The number of hydrogen-bond acceptors (Lipinski definition) is 7. The third-order valence-corrected chi connectivity index (χ3v) is 9.69. The third kappa shape index (κ3) is 1.58. The monoisotopic (exact) mass is 410 g/mol. The van der Waals surface area contributed by atoms with Gasteiger partial charge in [-0.05, 0) is 11.8 Å². The summed E-state index contributed by atoms with van der Waals surface area (Å²) in [6.07, 6.45) is -0.936. The van der Waals surface area contributed by atoms with Crippen molar-refractivity contribution < 1.29 is 33.5 Å². The van der Waals surface area contributed by atoms with Crippen molar-refractivity contribution in [2.75, 3.05) is 34.0 Å². The molecule has 4 saturated heterocycles. The quantitative estimate of drug-likeness (QED) is 0.737. The van der Waals surface area contributed by atoms with Gasteiger partial charge in [0.25, 0.3) is 0 Å². The van der Waals surface area contributed by atoms with Crippen LogP contribution in [0.15, 0.2) is 0 Å². The summed E-state index contributed by atoms with van der Waals surface area (Å²) >= 11 is 0. The molecule has 0 bridgehead atoms. The summed E-state index contributed by atoms with van der Waals surface area (Å²) in [6, 6.07) is 0. The Morgan fingerprint density at radius 1 is 1.07 bits per heavy atom. The summed E-state index contributed by atoms with van der Waals surface area (Å²) in [5, 5.41) is 11.7. The average Bonchev–Trinajstić information content (AvgIpc) is 3.38. The van der Waals surface area contributed by atoms with Gasteiger partial charge < -0.3 is 33.5 Å². The van der Waals surface area contributed by atoms with Gasteiger partial charge in [0.1, 0.15) is 11.2 Å². The van der Waals surface area contributed by atoms with Crippen molar-refractivity contribution in [1.82, 2.24) is 0 Å². The van der Waals surface area contributed by atoms with Crippen LogP contribution in [0.1, 0.15) is 34.1 Å². The van der Waals surface area contributed by atoms with E-state index in [0.29, 0.717) is 19.8 Å². The van der Waals surface area contributed by atoms with Gasteiger partial charge in [0.2, 0.25) is 0 Å². The lowest BCUT2D eigenvalue weighted by Gasteiger charge is -2.50. The minimum atomic E-state index is -0.719. The van der Waals surface area contributed by atoms with E-state index in [2.05, 4.69) is 27.7 Å². The Labute approximate surface area is 172 Å². The number of aliphatic hydroxyl groups excluding tert-OH is 1. The predicted octanol–water partition coefficient (Wildman–Crippen LogP) is 1.36. The molecule has 0 radical (unpaired) electrons. The maximum absolute atomic E-state index is 11.7. The number of hydrogen-bond donors (Lipinski definition) is 1. The highest BCUT2D eigenvalue weighted by Crippen LogP contribution is 2.84. The summed E-state index contributed by atoms with van der Waals surface area (Å²) < 4.78 is 38.5. The maximum Gasteiger partial charge on any atom is 0.168 e. The molecule has 2 saturated carbocycles.